The van der Waals surface area contributed by atoms with Crippen LogP contribution in [-0.2, 0) is 14.6 Å². The number of benzene rings is 2. The highest BCUT2D eigenvalue weighted by atomic mass is 32.2. The summed E-state index contributed by atoms with van der Waals surface area (Å²) < 4.78 is 28.8. The Morgan fingerprint density at radius 3 is 2.36 bits per heavy atom. The van der Waals surface area contributed by atoms with Crippen molar-refractivity contribution in [1.82, 2.24) is 4.98 Å². The van der Waals surface area contributed by atoms with Gasteiger partial charge in [0.05, 0.1) is 22.4 Å². The van der Waals surface area contributed by atoms with Crippen LogP contribution in [0.1, 0.15) is 17.3 Å². The predicted molar refractivity (Wildman–Crippen MR) is 108 cm³/mol. The molecule has 2 amide bonds. The Bertz CT molecular complexity index is 1140. The van der Waals surface area contributed by atoms with Gasteiger partial charge in [-0.05, 0) is 49.4 Å². The molecule has 1 aromatic heterocycles. The van der Waals surface area contributed by atoms with Crippen molar-refractivity contribution in [3.05, 3.63) is 48.0 Å². The molecule has 2 aromatic carbocycles. The number of nitrogens with one attached hydrogen (secondary N) is 2. The second-order valence-corrected chi connectivity index (χ2v) is 9.03. The van der Waals surface area contributed by atoms with Crippen molar-refractivity contribution in [2.45, 2.75) is 11.3 Å². The topological polar surface area (TPSA) is 114 Å². The average molecular weight is 419 g/mol. The lowest BCUT2D eigenvalue weighted by atomic mass is 10.2. The zero-order valence-corrected chi connectivity index (χ0v) is 16.7. The Morgan fingerprint density at radius 1 is 1.07 bits per heavy atom. The van der Waals surface area contributed by atoms with Crippen molar-refractivity contribution < 1.29 is 22.7 Å². The molecular formula is C18H17N3O5S2. The van der Waals surface area contributed by atoms with Gasteiger partial charge in [-0.2, -0.15) is 0 Å². The van der Waals surface area contributed by atoms with Crippen molar-refractivity contribution in [2.24, 2.45) is 0 Å². The molecule has 10 heteroatoms. The summed E-state index contributed by atoms with van der Waals surface area (Å²) in [6.45, 7) is 2.01. The first kappa shape index (κ1) is 19.8. The monoisotopic (exact) mass is 419 g/mol. The van der Waals surface area contributed by atoms with Crippen LogP contribution in [0.5, 0.6) is 0 Å². The highest BCUT2D eigenvalue weighted by Crippen LogP contribution is 2.28. The second kappa shape index (κ2) is 7.95. The normalized spacial score (nSPS) is 11.2. The molecule has 1 heterocycles. The molecule has 0 radical (unpaired) electrons. The lowest BCUT2D eigenvalue weighted by Crippen LogP contribution is -2.19. The molecule has 2 N–H and O–H groups in total. The number of amides is 2. The lowest BCUT2D eigenvalue weighted by molar-refractivity contribution is 0.0526. The Morgan fingerprint density at radius 2 is 1.71 bits per heavy atom. The van der Waals surface area contributed by atoms with Gasteiger partial charge >= 0.3 is 12.0 Å². The summed E-state index contributed by atoms with van der Waals surface area (Å²) in [6, 6.07) is 10.8. The Hall–Kier alpha value is -2.98. The van der Waals surface area contributed by atoms with E-state index in [2.05, 4.69) is 15.6 Å². The van der Waals surface area contributed by atoms with E-state index in [1.807, 2.05) is 0 Å². The number of fused-ring (bicyclic) bond motifs is 1. The van der Waals surface area contributed by atoms with Crippen molar-refractivity contribution in [1.29, 1.82) is 0 Å². The number of urea groups is 1. The van der Waals surface area contributed by atoms with Crippen LogP contribution in [0.3, 0.4) is 0 Å². The Kier molecular flexibility index (Phi) is 5.61. The van der Waals surface area contributed by atoms with Gasteiger partial charge in [-0.1, -0.05) is 0 Å². The van der Waals surface area contributed by atoms with Crippen molar-refractivity contribution >= 4 is 54.8 Å². The predicted octanol–water partition coefficient (Wildman–Crippen LogP) is 3.52. The number of rotatable bonds is 5. The van der Waals surface area contributed by atoms with Crippen molar-refractivity contribution in [2.75, 3.05) is 23.5 Å². The number of sulfone groups is 1. The maximum absolute atomic E-state index is 12.2. The lowest BCUT2D eigenvalue weighted by Gasteiger charge is -2.08. The molecule has 28 heavy (non-hydrogen) atoms. The quantitative estimate of drug-likeness (QED) is 0.612. The third-order valence-corrected chi connectivity index (χ3v) is 6.29. The number of carbonyl (C=O) groups is 2. The van der Waals surface area contributed by atoms with Gasteiger partial charge in [-0.25, -0.2) is 23.0 Å². The molecule has 0 fully saturated rings. The standard InChI is InChI=1S/C18H17N3O5S2/c1-3-26-16(22)11-4-6-12(7-5-11)19-17(23)20-13-8-9-14-15(10-13)27-18(21-14)28(2,24)25/h4-10H,3H2,1-2H3,(H2,19,20,23). The highest BCUT2D eigenvalue weighted by Gasteiger charge is 2.14. The van der Waals surface area contributed by atoms with E-state index in [0.29, 0.717) is 27.2 Å². The SMILES string of the molecule is CCOC(=O)c1ccc(NC(=O)Nc2ccc3nc(S(C)(=O)=O)sc3c2)cc1. The minimum absolute atomic E-state index is 0.0331. The Labute approximate surface area is 165 Å². The maximum Gasteiger partial charge on any atom is 0.338 e. The summed E-state index contributed by atoms with van der Waals surface area (Å²) >= 11 is 1.04. The minimum atomic E-state index is -3.38. The number of ether oxygens (including phenoxy) is 1. The molecular weight excluding hydrogens is 402 g/mol. The van der Waals surface area contributed by atoms with Gasteiger partial charge in [0.1, 0.15) is 0 Å². The average Bonchev–Trinajstić information content (AvgIpc) is 3.06. The largest absolute Gasteiger partial charge is 0.462 e. The van der Waals surface area contributed by atoms with Gasteiger partial charge in [0, 0.05) is 17.6 Å². The van der Waals surface area contributed by atoms with E-state index in [1.54, 1.807) is 49.4 Å². The molecule has 0 bridgehead atoms. The molecule has 0 atom stereocenters. The number of aromatic nitrogens is 1. The van der Waals surface area contributed by atoms with E-state index in [0.717, 1.165) is 17.6 Å². The molecule has 0 saturated heterocycles. The summed E-state index contributed by atoms with van der Waals surface area (Å²) in [6.07, 6.45) is 1.10. The fourth-order valence-electron chi connectivity index (χ4n) is 2.34. The van der Waals surface area contributed by atoms with Crippen LogP contribution in [0.4, 0.5) is 16.2 Å². The van der Waals surface area contributed by atoms with E-state index < -0.39 is 21.8 Å². The first-order chi connectivity index (χ1) is 13.3. The van der Waals surface area contributed by atoms with Crippen LogP contribution in [-0.4, -0.2) is 38.3 Å². The third kappa shape index (κ3) is 4.65. The number of nitrogens with zero attached hydrogens (tertiary/aromatic N) is 1. The van der Waals surface area contributed by atoms with Gasteiger partial charge in [0.2, 0.25) is 14.2 Å². The molecule has 0 unspecified atom stereocenters. The summed E-state index contributed by atoms with van der Waals surface area (Å²) in [4.78, 5) is 27.9. The van der Waals surface area contributed by atoms with E-state index in [1.165, 1.54) is 0 Å². The van der Waals surface area contributed by atoms with Crippen molar-refractivity contribution in [3.63, 3.8) is 0 Å². The van der Waals surface area contributed by atoms with Crippen LogP contribution in [0, 0.1) is 0 Å². The molecule has 0 aliphatic rings. The second-order valence-electron chi connectivity index (χ2n) is 5.81. The number of hydrogen-bond acceptors (Lipinski definition) is 7. The van der Waals surface area contributed by atoms with E-state index in [-0.39, 0.29) is 10.9 Å². The number of carbonyl (C=O) groups excluding carboxylic acids is 2. The van der Waals surface area contributed by atoms with Gasteiger partial charge < -0.3 is 15.4 Å². The maximum atomic E-state index is 12.2. The molecule has 3 rings (SSSR count). The molecule has 146 valence electrons. The van der Waals surface area contributed by atoms with Crippen LogP contribution in [0.15, 0.2) is 46.8 Å². The highest BCUT2D eigenvalue weighted by molar-refractivity contribution is 7.92. The van der Waals surface area contributed by atoms with Crippen LogP contribution in [0.2, 0.25) is 0 Å². The smallest absolute Gasteiger partial charge is 0.338 e. The molecule has 3 aromatic rings. The first-order valence-electron chi connectivity index (χ1n) is 8.22. The number of anilines is 2. The summed E-state index contributed by atoms with van der Waals surface area (Å²) in [7, 11) is -3.38. The number of thiazole rings is 1. The van der Waals surface area contributed by atoms with Gasteiger partial charge in [-0.15, -0.1) is 11.3 Å². The third-order valence-electron chi connectivity index (χ3n) is 3.60. The summed E-state index contributed by atoms with van der Waals surface area (Å²) in [5.41, 5.74) is 1.94. The van der Waals surface area contributed by atoms with E-state index >= 15 is 0 Å². The molecule has 0 aliphatic heterocycles. The van der Waals surface area contributed by atoms with Gasteiger partial charge in [-0.3, -0.25) is 0 Å². The molecule has 0 aliphatic carbocycles. The van der Waals surface area contributed by atoms with E-state index in [4.69, 9.17) is 4.74 Å². The van der Waals surface area contributed by atoms with Gasteiger partial charge in [0.15, 0.2) is 0 Å². The van der Waals surface area contributed by atoms with E-state index in [9.17, 15) is 18.0 Å². The Balaban J connectivity index is 1.68. The summed E-state index contributed by atoms with van der Waals surface area (Å²) in [5.74, 6) is -0.426. The van der Waals surface area contributed by atoms with Crippen LogP contribution < -0.4 is 10.6 Å². The fraction of sp³-hybridized carbons (Fsp3) is 0.167. The summed E-state index contributed by atoms with van der Waals surface area (Å²) in [5, 5.41) is 5.33. The van der Waals surface area contributed by atoms with Gasteiger partial charge in [0.25, 0.3) is 0 Å². The molecule has 8 nitrogen and oxygen atoms in total. The fourth-order valence-corrected chi connectivity index (χ4v) is 4.21. The number of esters is 1. The van der Waals surface area contributed by atoms with Crippen LogP contribution >= 0.6 is 11.3 Å². The molecule has 0 saturated carbocycles. The first-order valence-corrected chi connectivity index (χ1v) is 10.9. The number of hydrogen-bond donors (Lipinski definition) is 2. The zero-order chi connectivity index (χ0) is 20.3. The minimum Gasteiger partial charge on any atom is -0.462 e. The van der Waals surface area contributed by atoms with Crippen molar-refractivity contribution in [3.8, 4) is 0 Å². The molecule has 0 spiro atoms. The zero-order valence-electron chi connectivity index (χ0n) is 15.1. The van der Waals surface area contributed by atoms with Crippen LogP contribution in [0.25, 0.3) is 10.2 Å².